The zero-order chi connectivity index (χ0) is 16.1. The molecule has 0 atom stereocenters. The molecule has 1 aliphatic heterocycles. The molecule has 2 aromatic rings. The summed E-state index contributed by atoms with van der Waals surface area (Å²) in [7, 11) is 1.31. The van der Waals surface area contributed by atoms with E-state index >= 15 is 0 Å². The van der Waals surface area contributed by atoms with Gasteiger partial charge in [0.15, 0.2) is 0 Å². The van der Waals surface area contributed by atoms with Crippen LogP contribution in [0, 0.1) is 6.92 Å². The molecule has 1 fully saturated rings. The lowest BCUT2D eigenvalue weighted by molar-refractivity contribution is 0.00578. The van der Waals surface area contributed by atoms with Crippen molar-refractivity contribution in [2.45, 2.75) is 45.8 Å². The maximum Gasteiger partial charge on any atom is 0.495 e. The van der Waals surface area contributed by atoms with Crippen molar-refractivity contribution in [2.75, 3.05) is 7.11 Å². The summed E-state index contributed by atoms with van der Waals surface area (Å²) < 4.78 is 18.0. The fraction of sp³-hybridized carbons (Fsp3) is 0.444. The Labute approximate surface area is 132 Å². The number of fused-ring (bicyclic) bond motifs is 1. The highest BCUT2D eigenvalue weighted by molar-refractivity contribution is 6.65. The highest BCUT2D eigenvalue weighted by Gasteiger charge is 2.52. The first kappa shape index (κ1) is 15.4. The Hall–Kier alpha value is -1.52. The molecule has 0 N–H and O–H groups in total. The van der Waals surface area contributed by atoms with E-state index in [2.05, 4.69) is 52.8 Å². The van der Waals surface area contributed by atoms with Crippen LogP contribution in [0.15, 0.2) is 30.3 Å². The van der Waals surface area contributed by atoms with Crippen LogP contribution >= 0.6 is 0 Å². The molecule has 0 unspecified atom stereocenters. The number of methoxy groups -OCH3 is 1. The van der Waals surface area contributed by atoms with Crippen LogP contribution in [0.25, 0.3) is 10.8 Å². The van der Waals surface area contributed by atoms with E-state index in [1.165, 1.54) is 10.9 Å². The molecule has 0 amide bonds. The minimum Gasteiger partial charge on any atom is -0.496 e. The lowest BCUT2D eigenvalue weighted by Gasteiger charge is -2.32. The summed E-state index contributed by atoms with van der Waals surface area (Å²) in [5.41, 5.74) is 1.54. The topological polar surface area (TPSA) is 27.7 Å². The van der Waals surface area contributed by atoms with Crippen molar-refractivity contribution in [2.24, 2.45) is 0 Å². The predicted molar refractivity (Wildman–Crippen MR) is 91.0 cm³/mol. The van der Waals surface area contributed by atoms with Gasteiger partial charge >= 0.3 is 7.12 Å². The van der Waals surface area contributed by atoms with Gasteiger partial charge in [0.2, 0.25) is 0 Å². The standard InChI is InChI=1S/C18H23BO3/c1-12-10-11-14(16-13(12)8-7-9-15(16)20-6)19-21-17(2,3)18(4,5)22-19/h7-11H,1-6H3. The van der Waals surface area contributed by atoms with Crippen LogP contribution in [-0.2, 0) is 9.31 Å². The smallest absolute Gasteiger partial charge is 0.495 e. The fourth-order valence-corrected chi connectivity index (χ4v) is 2.88. The van der Waals surface area contributed by atoms with E-state index in [1.54, 1.807) is 7.11 Å². The summed E-state index contributed by atoms with van der Waals surface area (Å²) in [6.45, 7) is 10.4. The predicted octanol–water partition coefficient (Wildman–Crippen LogP) is 3.46. The summed E-state index contributed by atoms with van der Waals surface area (Å²) >= 11 is 0. The zero-order valence-electron chi connectivity index (χ0n) is 14.2. The first-order chi connectivity index (χ1) is 10.3. The molecule has 0 aromatic heterocycles. The fourth-order valence-electron chi connectivity index (χ4n) is 2.88. The molecule has 0 aliphatic carbocycles. The van der Waals surface area contributed by atoms with E-state index in [-0.39, 0.29) is 18.3 Å². The van der Waals surface area contributed by atoms with Crippen LogP contribution in [0.2, 0.25) is 0 Å². The van der Waals surface area contributed by atoms with E-state index in [9.17, 15) is 0 Å². The van der Waals surface area contributed by atoms with E-state index in [0.717, 1.165) is 16.6 Å². The maximum absolute atomic E-state index is 6.22. The van der Waals surface area contributed by atoms with Crippen LogP contribution in [0.5, 0.6) is 5.75 Å². The SMILES string of the molecule is COc1cccc2c(C)ccc(B3OC(C)(C)C(C)(C)O3)c12. The highest BCUT2D eigenvalue weighted by Crippen LogP contribution is 2.38. The van der Waals surface area contributed by atoms with Crippen LogP contribution < -0.4 is 10.2 Å². The number of benzene rings is 2. The Bertz CT molecular complexity index is 706. The third-order valence-electron chi connectivity index (χ3n) is 4.98. The Morgan fingerprint density at radius 2 is 1.59 bits per heavy atom. The van der Waals surface area contributed by atoms with E-state index in [4.69, 9.17) is 14.0 Å². The third-order valence-corrected chi connectivity index (χ3v) is 4.98. The van der Waals surface area contributed by atoms with Crippen LogP contribution in [0.1, 0.15) is 33.3 Å². The Balaban J connectivity index is 2.19. The number of rotatable bonds is 2. The van der Waals surface area contributed by atoms with Crippen molar-refractivity contribution >= 4 is 23.4 Å². The molecule has 3 rings (SSSR count). The molecule has 22 heavy (non-hydrogen) atoms. The summed E-state index contributed by atoms with van der Waals surface area (Å²) in [6.07, 6.45) is 0. The molecule has 0 spiro atoms. The second-order valence-electron chi connectivity index (χ2n) is 6.94. The number of hydrogen-bond donors (Lipinski definition) is 0. The normalized spacial score (nSPS) is 19.6. The monoisotopic (exact) mass is 298 g/mol. The van der Waals surface area contributed by atoms with Gasteiger partial charge in [-0.05, 0) is 57.1 Å². The van der Waals surface area contributed by atoms with Crippen molar-refractivity contribution in [1.82, 2.24) is 0 Å². The van der Waals surface area contributed by atoms with Gasteiger partial charge in [0, 0.05) is 5.39 Å². The van der Waals surface area contributed by atoms with Gasteiger partial charge in [-0.3, -0.25) is 0 Å². The van der Waals surface area contributed by atoms with Crippen molar-refractivity contribution in [3.63, 3.8) is 0 Å². The van der Waals surface area contributed by atoms with Gasteiger partial charge in [-0.2, -0.15) is 0 Å². The molecule has 4 heteroatoms. The molecule has 1 heterocycles. The van der Waals surface area contributed by atoms with Gasteiger partial charge in [0.1, 0.15) is 5.75 Å². The van der Waals surface area contributed by atoms with Crippen molar-refractivity contribution in [1.29, 1.82) is 0 Å². The Morgan fingerprint density at radius 1 is 0.955 bits per heavy atom. The van der Waals surface area contributed by atoms with Gasteiger partial charge in [-0.15, -0.1) is 0 Å². The van der Waals surface area contributed by atoms with E-state index in [0.29, 0.717) is 0 Å². The van der Waals surface area contributed by atoms with Crippen LogP contribution in [-0.4, -0.2) is 25.4 Å². The van der Waals surface area contributed by atoms with E-state index in [1.807, 2.05) is 12.1 Å². The van der Waals surface area contributed by atoms with Crippen molar-refractivity contribution in [3.8, 4) is 5.75 Å². The summed E-state index contributed by atoms with van der Waals surface area (Å²) in [5.74, 6) is 0.853. The maximum atomic E-state index is 6.22. The minimum atomic E-state index is -0.385. The Kier molecular flexibility index (Phi) is 3.50. The Morgan fingerprint density at radius 3 is 2.18 bits per heavy atom. The molecular formula is C18H23BO3. The quantitative estimate of drug-likeness (QED) is 0.795. The van der Waals surface area contributed by atoms with Gasteiger partial charge < -0.3 is 14.0 Å². The van der Waals surface area contributed by atoms with Gasteiger partial charge in [0.25, 0.3) is 0 Å². The second-order valence-corrected chi connectivity index (χ2v) is 6.94. The summed E-state index contributed by atoms with van der Waals surface area (Å²) in [4.78, 5) is 0. The highest BCUT2D eigenvalue weighted by atomic mass is 16.7. The molecule has 1 saturated heterocycles. The van der Waals surface area contributed by atoms with E-state index < -0.39 is 0 Å². The van der Waals surface area contributed by atoms with Gasteiger partial charge in [-0.25, -0.2) is 0 Å². The zero-order valence-corrected chi connectivity index (χ0v) is 14.2. The molecule has 2 aromatic carbocycles. The van der Waals surface area contributed by atoms with Crippen molar-refractivity contribution < 1.29 is 14.0 Å². The molecule has 116 valence electrons. The molecule has 0 bridgehead atoms. The summed E-state index contributed by atoms with van der Waals surface area (Å²) in [5, 5.41) is 2.25. The van der Waals surface area contributed by atoms with Crippen LogP contribution in [0.4, 0.5) is 0 Å². The molecule has 3 nitrogen and oxygen atoms in total. The first-order valence-corrected chi connectivity index (χ1v) is 7.69. The van der Waals surface area contributed by atoms with Gasteiger partial charge in [0.05, 0.1) is 18.3 Å². The average Bonchev–Trinajstić information content (AvgIpc) is 2.67. The first-order valence-electron chi connectivity index (χ1n) is 7.69. The average molecular weight is 298 g/mol. The molecule has 0 radical (unpaired) electrons. The lowest BCUT2D eigenvalue weighted by atomic mass is 9.75. The van der Waals surface area contributed by atoms with Gasteiger partial charge in [-0.1, -0.05) is 24.3 Å². The minimum absolute atomic E-state index is 0.350. The number of aryl methyl sites for hydroxylation is 1. The number of hydrogen-bond acceptors (Lipinski definition) is 3. The largest absolute Gasteiger partial charge is 0.496 e. The van der Waals surface area contributed by atoms with Crippen LogP contribution in [0.3, 0.4) is 0 Å². The lowest BCUT2D eigenvalue weighted by Crippen LogP contribution is -2.41. The second kappa shape index (κ2) is 5.00. The third kappa shape index (κ3) is 2.22. The number of ether oxygens (including phenoxy) is 1. The molecular weight excluding hydrogens is 275 g/mol. The molecule has 0 saturated carbocycles. The van der Waals surface area contributed by atoms with Crippen molar-refractivity contribution in [3.05, 3.63) is 35.9 Å². The summed E-state index contributed by atoms with van der Waals surface area (Å²) in [6, 6.07) is 10.3. The molecule has 1 aliphatic rings.